The number of hydrogen-bond acceptors (Lipinski definition) is 23. The summed E-state index contributed by atoms with van der Waals surface area (Å²) in [4.78, 5) is 209. The van der Waals surface area contributed by atoms with Crippen molar-refractivity contribution in [2.45, 2.75) is 216 Å². The van der Waals surface area contributed by atoms with E-state index in [1.165, 1.54) is 0 Å². The van der Waals surface area contributed by atoms with E-state index in [4.69, 9.17) is 27.7 Å². The van der Waals surface area contributed by atoms with Gasteiger partial charge in [0.1, 0.15) is 73.1 Å². The van der Waals surface area contributed by atoms with Gasteiger partial charge in [-0.05, 0) is 112 Å². The van der Waals surface area contributed by atoms with Gasteiger partial charge in [0.15, 0.2) is 5.96 Å². The normalized spacial score (nSPS) is 16.0. The van der Waals surface area contributed by atoms with Crippen molar-refractivity contribution in [1.82, 2.24) is 58.1 Å². The number of aliphatic imine (C=N–C) groups is 1. The maximum atomic E-state index is 14.8. The van der Waals surface area contributed by atoms with Crippen molar-refractivity contribution in [3.63, 3.8) is 0 Å². The van der Waals surface area contributed by atoms with E-state index in [1.807, 2.05) is 32.9 Å². The number of aliphatic carboxylic acids is 3. The highest BCUT2D eigenvalue weighted by molar-refractivity contribution is 7.99. The van der Waals surface area contributed by atoms with Gasteiger partial charge >= 0.3 is 23.9 Å². The summed E-state index contributed by atoms with van der Waals surface area (Å²) in [6.07, 6.45) is -3.93. The summed E-state index contributed by atoms with van der Waals surface area (Å²) in [5.74, 6) is -17.7. The van der Waals surface area contributed by atoms with Crippen LogP contribution in [-0.4, -0.2) is 254 Å². The Balaban J connectivity index is 1.85. The lowest BCUT2D eigenvalue weighted by Gasteiger charge is -2.31. The van der Waals surface area contributed by atoms with Crippen LogP contribution in [0.5, 0.6) is 0 Å². The number of esters is 1. The molecule has 0 aliphatic carbocycles. The fraction of sp³-hybridized carbons (Fsp3) is 0.611. The average molecular weight is 1600 g/mol. The van der Waals surface area contributed by atoms with E-state index in [0.717, 1.165) is 29.1 Å². The van der Waals surface area contributed by atoms with Gasteiger partial charge in [-0.3, -0.25) is 67.3 Å². The Labute approximate surface area is 654 Å². The van der Waals surface area contributed by atoms with Crippen LogP contribution >= 0.6 is 24.4 Å². The highest BCUT2D eigenvalue weighted by atomic mass is 32.2. The maximum Gasteiger partial charge on any atom is 0.338 e. The summed E-state index contributed by atoms with van der Waals surface area (Å²) in [6, 6.07) is -3.65. The van der Waals surface area contributed by atoms with Crippen LogP contribution in [-0.2, 0) is 83.7 Å². The molecule has 2 aromatic rings. The third kappa shape index (κ3) is 33.8. The highest BCUT2D eigenvalue weighted by Gasteiger charge is 2.42. The third-order valence-corrected chi connectivity index (χ3v) is 19.0. The number of aliphatic hydroxyl groups excluding tert-OH is 2. The van der Waals surface area contributed by atoms with Crippen molar-refractivity contribution in [3.8, 4) is 0 Å². The van der Waals surface area contributed by atoms with Crippen LogP contribution < -0.4 is 76.1 Å². The first-order chi connectivity index (χ1) is 52.2. The monoisotopic (exact) mass is 1600 g/mol. The minimum Gasteiger partial charge on any atom is -0.481 e. The van der Waals surface area contributed by atoms with Gasteiger partial charge in [0.2, 0.25) is 65.0 Å². The molecule has 0 bridgehead atoms. The summed E-state index contributed by atoms with van der Waals surface area (Å²) >= 11 is 5.26. The molecule has 0 radical (unpaired) electrons. The Bertz CT molecular complexity index is 3510. The standard InChI is InChI=1S/C72H112N16O21S2/c1-38(2)32-47(81-61(98)48(33-41-16-10-9-11-17-41)82-64(101)51(36-110)85-62(99)49(34-55(93)94)83-66(103)56(74)39(3)4)60(97)84-50(35-89)63(100)80-46(19-14-28-77-71(75)76)68(105)88-29-15-20-53(88)65(102)87-57(40(5)90)67(104)79-45(25-26-54(91)92)59(96)78-44(18-12-13-27-73)58(95)86-52(69(106)107)37-111-31-30-109-70(108)42-21-23-43(24-22-42)72(6,7)8/h9-11,16-17,21-24,38-40,44-53,56-57,89-90,110H,12-15,18-20,25-37,73-74H2,1-8H3,(H,78,96)(H,79,104)(H,80,100)(H,81,98)(H,82,101)(H,83,103)(H,84,97)(H,85,99)(H,86,95)(H,87,102)(H,91,92)(H,93,94)(H,106,107)(H4,75,76,77)/t40-,44+,45+,46+,47+,48+,49+,50+,51+,52+,53+,56+,57+/m1/s1. The molecule has 39 heteroatoms. The van der Waals surface area contributed by atoms with Crippen LogP contribution in [0, 0.1) is 11.8 Å². The second-order valence-corrected chi connectivity index (χ2v) is 30.1. The SMILES string of the molecule is CC(C)C[C@H](NC(=O)[C@H](Cc1ccccc1)NC(=O)[C@H](CS)NC(=O)[C@H](CC(=O)O)NC(=O)[C@@H](N)C(C)C)C(=O)N[C@@H](CO)C(=O)N[C@@H](CCCN=C(N)N)C(=O)N1CCC[C@H]1C(=O)N[C@H](C(=O)N[C@@H](CCC(=O)O)C(=O)N[C@@H](CCCCN)C(=O)N[C@@H](CSCCOC(=O)c1ccc(C(C)(C)C)cc1)C(=O)O)[C@@H](C)O. The molecule has 3 rings (SSSR count). The summed E-state index contributed by atoms with van der Waals surface area (Å²) < 4.78 is 5.36. The molecule has 0 aromatic heterocycles. The molecule has 13 atom stereocenters. The van der Waals surface area contributed by atoms with Crippen LogP contribution in [0.15, 0.2) is 59.6 Å². The Morgan fingerprint density at radius 1 is 0.622 bits per heavy atom. The molecule has 0 spiro atoms. The fourth-order valence-electron chi connectivity index (χ4n) is 11.2. The number of likely N-dealkylation sites (tertiary alicyclic amines) is 1. The molecule has 11 amide bonds. The van der Waals surface area contributed by atoms with Crippen molar-refractivity contribution < 1.29 is 102 Å². The van der Waals surface area contributed by atoms with E-state index in [2.05, 4.69) is 70.8 Å². The Morgan fingerprint density at radius 3 is 1.70 bits per heavy atom. The molecule has 2 aromatic carbocycles. The number of benzene rings is 2. The fourth-order valence-corrected chi connectivity index (χ4v) is 12.3. The Kier molecular flexibility index (Phi) is 41.4. The van der Waals surface area contributed by atoms with Gasteiger partial charge in [0.25, 0.3) is 0 Å². The number of hydrogen-bond donors (Lipinski definition) is 20. The molecule has 111 heavy (non-hydrogen) atoms. The quantitative estimate of drug-likeness (QED) is 0.0103. The Hall–Kier alpha value is -9.70. The van der Waals surface area contributed by atoms with Gasteiger partial charge in [-0.15, -0.1) is 0 Å². The first-order valence-electron chi connectivity index (χ1n) is 36.5. The zero-order chi connectivity index (χ0) is 83.4. The maximum absolute atomic E-state index is 14.8. The summed E-state index contributed by atoms with van der Waals surface area (Å²) in [5, 5.41) is 75.5. The van der Waals surface area contributed by atoms with Gasteiger partial charge in [-0.2, -0.15) is 24.4 Å². The molecule has 0 saturated carbocycles. The number of unbranched alkanes of at least 4 members (excludes halogenated alkanes) is 1. The number of carboxylic acid groups (broad SMARTS) is 3. The smallest absolute Gasteiger partial charge is 0.338 e. The summed E-state index contributed by atoms with van der Waals surface area (Å²) in [7, 11) is 0. The second kappa shape index (κ2) is 48.2. The van der Waals surface area contributed by atoms with Crippen molar-refractivity contribution in [3.05, 3.63) is 71.3 Å². The number of nitrogens with one attached hydrogen (secondary N) is 10. The minimum atomic E-state index is -1.91. The molecule has 23 N–H and O–H groups in total. The number of ether oxygens (including phenoxy) is 1. The van der Waals surface area contributed by atoms with Gasteiger partial charge in [0.05, 0.1) is 30.7 Å². The molecule has 1 fully saturated rings. The molecular formula is C72H112N16O21S2. The first kappa shape index (κ1) is 95.5. The highest BCUT2D eigenvalue weighted by Crippen LogP contribution is 2.24. The van der Waals surface area contributed by atoms with E-state index in [0.29, 0.717) is 17.5 Å². The van der Waals surface area contributed by atoms with Crippen molar-refractivity contribution in [2.75, 3.05) is 50.1 Å². The molecule has 1 saturated heterocycles. The third-order valence-electron chi connectivity index (χ3n) is 17.6. The van der Waals surface area contributed by atoms with Gasteiger partial charge < -0.3 is 111 Å². The molecule has 618 valence electrons. The molecule has 37 nitrogen and oxygen atoms in total. The molecule has 1 aliphatic rings. The topological polar surface area (TPSA) is 606 Å². The van der Waals surface area contributed by atoms with E-state index >= 15 is 0 Å². The summed E-state index contributed by atoms with van der Waals surface area (Å²) in [5.41, 5.74) is 24.4. The first-order valence-corrected chi connectivity index (χ1v) is 38.3. The van der Waals surface area contributed by atoms with Crippen LogP contribution in [0.4, 0.5) is 0 Å². The number of nitrogens with zero attached hydrogens (tertiary/aromatic N) is 2. The van der Waals surface area contributed by atoms with Gasteiger partial charge in [0, 0.05) is 43.2 Å². The van der Waals surface area contributed by atoms with Crippen molar-refractivity contribution in [1.29, 1.82) is 0 Å². The largest absolute Gasteiger partial charge is 0.481 e. The molecular weight excluding hydrogens is 1490 g/mol. The lowest BCUT2D eigenvalue weighted by atomic mass is 9.87. The van der Waals surface area contributed by atoms with Crippen LogP contribution in [0.25, 0.3) is 0 Å². The number of carbonyl (C=O) groups is 15. The van der Waals surface area contributed by atoms with Gasteiger partial charge in [-0.1, -0.05) is 90.9 Å². The molecule has 1 aliphatic heterocycles. The van der Waals surface area contributed by atoms with E-state index < -0.39 is 205 Å². The predicted molar refractivity (Wildman–Crippen MR) is 411 cm³/mol. The second-order valence-electron chi connectivity index (χ2n) is 28.6. The van der Waals surface area contributed by atoms with Crippen LogP contribution in [0.2, 0.25) is 0 Å². The number of thiol groups is 1. The number of aliphatic hydroxyl groups is 2. The van der Waals surface area contributed by atoms with E-state index in [1.54, 1.807) is 70.2 Å². The Morgan fingerprint density at radius 2 is 1.14 bits per heavy atom. The predicted octanol–water partition coefficient (Wildman–Crippen LogP) is -3.11. The lowest BCUT2D eigenvalue weighted by Crippen LogP contribution is -2.62. The van der Waals surface area contributed by atoms with Crippen molar-refractivity contribution in [2.24, 2.45) is 39.8 Å². The van der Waals surface area contributed by atoms with Crippen LogP contribution in [0.3, 0.4) is 0 Å². The van der Waals surface area contributed by atoms with Gasteiger partial charge in [-0.25, -0.2) is 9.59 Å². The lowest BCUT2D eigenvalue weighted by molar-refractivity contribution is -0.143. The van der Waals surface area contributed by atoms with Crippen LogP contribution in [0.1, 0.15) is 148 Å². The minimum absolute atomic E-state index is 0.00905. The number of rotatable bonds is 49. The number of carbonyl (C=O) groups excluding carboxylic acids is 12. The van der Waals surface area contributed by atoms with E-state index in [-0.39, 0.29) is 106 Å². The van der Waals surface area contributed by atoms with E-state index in [9.17, 15) is 97.5 Å². The molecule has 0 unspecified atom stereocenters. The summed E-state index contributed by atoms with van der Waals surface area (Å²) in [6.45, 7) is 12.6. The molecule has 1 heterocycles. The number of nitrogens with two attached hydrogens (primary N) is 4. The number of carboxylic acids is 3. The van der Waals surface area contributed by atoms with Crippen molar-refractivity contribution >= 4 is 119 Å². The zero-order valence-electron chi connectivity index (χ0n) is 63.8. The zero-order valence-corrected chi connectivity index (χ0v) is 65.5. The average Bonchev–Trinajstić information content (AvgIpc) is 1.82. The number of guanidine groups is 1. The number of amides is 11. The number of thioether (sulfide) groups is 1.